The minimum absolute atomic E-state index is 0.0721. The summed E-state index contributed by atoms with van der Waals surface area (Å²) in [5, 5.41) is 4.12. The van der Waals surface area contributed by atoms with E-state index in [1.54, 1.807) is 0 Å². The maximum absolute atomic E-state index is 12.3. The Hall–Kier alpha value is -3.33. The van der Waals surface area contributed by atoms with Crippen LogP contribution >= 0.6 is 0 Å². The van der Waals surface area contributed by atoms with Gasteiger partial charge >= 0.3 is 0 Å². The molecule has 27 heavy (non-hydrogen) atoms. The molecule has 5 heteroatoms. The second-order valence-corrected chi connectivity index (χ2v) is 6.48. The molecule has 0 aliphatic heterocycles. The molecule has 0 fully saturated rings. The minimum Gasteiger partial charge on any atom is -0.410 e. The zero-order chi connectivity index (χ0) is 18.6. The number of hydrogen-bond acceptors (Lipinski definition) is 3. The Morgan fingerprint density at radius 1 is 0.556 bits per heavy atom. The average molecular weight is 350 g/mol. The topological polar surface area (TPSA) is 43.4 Å². The van der Waals surface area contributed by atoms with Gasteiger partial charge in [-0.1, -0.05) is 95.9 Å². The van der Waals surface area contributed by atoms with E-state index in [2.05, 4.69) is 0 Å². The summed E-state index contributed by atoms with van der Waals surface area (Å²) in [6.45, 7) is 0. The van der Waals surface area contributed by atoms with Crippen LogP contribution in [0.5, 0.6) is 0 Å². The molecular weight excluding hydrogens is 334 g/mol. The Labute approximate surface area is 158 Å². The molecule has 0 amide bonds. The van der Waals surface area contributed by atoms with E-state index in [-0.39, 0.29) is 14.6 Å². The molecule has 4 rings (SSSR count). The normalized spacial score (nSPS) is 10.5. The molecular formula is C22H16B2O3. The van der Waals surface area contributed by atoms with E-state index in [4.69, 9.17) is 4.74 Å². The van der Waals surface area contributed by atoms with Crippen molar-refractivity contribution in [2.24, 2.45) is 0 Å². The third-order valence-electron chi connectivity index (χ3n) is 4.66. The molecule has 4 aromatic rings. The highest BCUT2D eigenvalue weighted by molar-refractivity contribution is 6.88. The third kappa shape index (κ3) is 3.77. The molecule has 0 spiro atoms. The first-order valence-corrected chi connectivity index (χ1v) is 8.87. The highest BCUT2D eigenvalue weighted by Gasteiger charge is 2.17. The van der Waals surface area contributed by atoms with Crippen LogP contribution in [0.1, 0.15) is 0 Å². The van der Waals surface area contributed by atoms with Crippen LogP contribution in [-0.4, -0.2) is 26.3 Å². The Balaban J connectivity index is 1.47. The van der Waals surface area contributed by atoms with Gasteiger partial charge in [0.05, 0.1) is 0 Å². The molecule has 0 radical (unpaired) electrons. The molecule has 128 valence electrons. The van der Waals surface area contributed by atoms with Gasteiger partial charge in [0.25, 0.3) is 26.3 Å². The van der Waals surface area contributed by atoms with Gasteiger partial charge in [0.2, 0.25) is 0 Å². The molecule has 0 saturated carbocycles. The van der Waals surface area contributed by atoms with Crippen molar-refractivity contribution in [2.75, 3.05) is 0 Å². The van der Waals surface area contributed by atoms with Crippen molar-refractivity contribution in [1.29, 1.82) is 0 Å². The summed E-state index contributed by atoms with van der Waals surface area (Å²) in [5.74, 6) is -1.06. The highest BCUT2D eigenvalue weighted by Crippen LogP contribution is 2.11. The number of rotatable bonds is 4. The van der Waals surface area contributed by atoms with E-state index in [9.17, 15) is 9.59 Å². The summed E-state index contributed by atoms with van der Waals surface area (Å²) in [7, 11) is 0.144. The summed E-state index contributed by atoms with van der Waals surface area (Å²) in [5.41, 5.74) is 1.71. The SMILES string of the molecule is O=C(Bc1cccc2ccccc12)OC(=O)Bc1cccc2ccccc12. The highest BCUT2D eigenvalue weighted by atomic mass is 16.6. The lowest BCUT2D eigenvalue weighted by Crippen LogP contribution is -2.31. The molecule has 3 nitrogen and oxygen atoms in total. The van der Waals surface area contributed by atoms with Crippen LogP contribution < -0.4 is 10.9 Å². The summed E-state index contributed by atoms with van der Waals surface area (Å²) in [6.07, 6.45) is 0. The number of benzene rings is 4. The first kappa shape index (κ1) is 17.1. The van der Waals surface area contributed by atoms with E-state index in [0.717, 1.165) is 32.5 Å². The van der Waals surface area contributed by atoms with Crippen molar-refractivity contribution in [3.63, 3.8) is 0 Å². The van der Waals surface area contributed by atoms with E-state index >= 15 is 0 Å². The second-order valence-electron chi connectivity index (χ2n) is 6.48. The van der Waals surface area contributed by atoms with E-state index in [1.807, 2.05) is 84.9 Å². The van der Waals surface area contributed by atoms with Crippen molar-refractivity contribution >= 4 is 58.8 Å². The summed E-state index contributed by atoms with van der Waals surface area (Å²) in [4.78, 5) is 24.6. The van der Waals surface area contributed by atoms with Gasteiger partial charge in [-0.15, -0.1) is 0 Å². The number of carbonyl (C=O) groups is 2. The number of ether oxygens (including phenoxy) is 1. The van der Waals surface area contributed by atoms with Gasteiger partial charge in [0.15, 0.2) is 0 Å². The standard InChI is InChI=1S/C22H16B2O3/c25-21(23-19-13-5-9-15-7-1-3-11-17(15)19)27-22(26)24-20-14-6-10-16-8-2-4-12-18(16)20/h1-14,23-24H. The molecule has 4 aromatic carbocycles. The number of hydrogen-bond donors (Lipinski definition) is 0. The van der Waals surface area contributed by atoms with Crippen LogP contribution in [0, 0.1) is 0 Å². The van der Waals surface area contributed by atoms with Crippen LogP contribution in [0.3, 0.4) is 0 Å². The van der Waals surface area contributed by atoms with E-state index in [1.165, 1.54) is 0 Å². The molecule has 0 N–H and O–H groups in total. The Morgan fingerprint density at radius 2 is 0.963 bits per heavy atom. The fourth-order valence-corrected chi connectivity index (χ4v) is 3.40. The first-order chi connectivity index (χ1) is 13.2. The van der Waals surface area contributed by atoms with Crippen LogP contribution in [0.4, 0.5) is 9.59 Å². The van der Waals surface area contributed by atoms with E-state index in [0.29, 0.717) is 0 Å². The van der Waals surface area contributed by atoms with Gasteiger partial charge in [-0.3, -0.25) is 9.59 Å². The van der Waals surface area contributed by atoms with Crippen molar-refractivity contribution in [3.05, 3.63) is 84.9 Å². The van der Waals surface area contributed by atoms with Crippen molar-refractivity contribution in [1.82, 2.24) is 0 Å². The molecule has 0 saturated heterocycles. The predicted molar refractivity (Wildman–Crippen MR) is 113 cm³/mol. The lowest BCUT2D eigenvalue weighted by atomic mass is 9.67. The second kappa shape index (κ2) is 7.50. The first-order valence-electron chi connectivity index (χ1n) is 8.87. The molecule has 0 heterocycles. The van der Waals surface area contributed by atoms with Gasteiger partial charge in [-0.25, -0.2) is 0 Å². The van der Waals surface area contributed by atoms with Crippen molar-refractivity contribution in [2.45, 2.75) is 0 Å². The maximum atomic E-state index is 12.3. The summed E-state index contributed by atoms with van der Waals surface area (Å²) >= 11 is 0. The van der Waals surface area contributed by atoms with Crippen molar-refractivity contribution < 1.29 is 14.3 Å². The fourth-order valence-electron chi connectivity index (χ4n) is 3.40. The van der Waals surface area contributed by atoms with Crippen LogP contribution in [0.15, 0.2) is 84.9 Å². The third-order valence-corrected chi connectivity index (χ3v) is 4.66. The monoisotopic (exact) mass is 350 g/mol. The molecule has 0 aliphatic carbocycles. The van der Waals surface area contributed by atoms with Crippen molar-refractivity contribution in [3.8, 4) is 0 Å². The van der Waals surface area contributed by atoms with Gasteiger partial charge in [-0.05, 0) is 21.5 Å². The average Bonchev–Trinajstić information content (AvgIpc) is 2.68. The predicted octanol–water partition coefficient (Wildman–Crippen LogP) is 3.07. The lowest BCUT2D eigenvalue weighted by Gasteiger charge is -2.07. The Morgan fingerprint density at radius 3 is 1.44 bits per heavy atom. The van der Waals surface area contributed by atoms with Crippen LogP contribution in [0.2, 0.25) is 0 Å². The zero-order valence-corrected chi connectivity index (χ0v) is 14.7. The smallest absolute Gasteiger partial charge is 0.294 e. The van der Waals surface area contributed by atoms with Gasteiger partial charge in [-0.2, -0.15) is 0 Å². The summed E-state index contributed by atoms with van der Waals surface area (Å²) < 4.78 is 5.08. The molecule has 0 aromatic heterocycles. The van der Waals surface area contributed by atoms with E-state index < -0.39 is 11.7 Å². The minimum atomic E-state index is -0.531. The molecule has 0 atom stereocenters. The quantitative estimate of drug-likeness (QED) is 0.420. The fraction of sp³-hybridized carbons (Fsp3) is 0. The number of fused-ring (bicyclic) bond motifs is 2. The number of carbonyl (C=O) groups excluding carboxylic acids is 2. The van der Waals surface area contributed by atoms with Gasteiger partial charge in [0.1, 0.15) is 0 Å². The summed E-state index contributed by atoms with van der Waals surface area (Å²) in [6, 6.07) is 27.3. The molecule has 0 bridgehead atoms. The van der Waals surface area contributed by atoms with Crippen LogP contribution in [-0.2, 0) is 4.74 Å². The Bertz CT molecular complexity index is 1050. The largest absolute Gasteiger partial charge is 0.410 e. The lowest BCUT2D eigenvalue weighted by molar-refractivity contribution is 0.184. The molecule has 0 aliphatic rings. The zero-order valence-electron chi connectivity index (χ0n) is 14.7. The molecule has 0 unspecified atom stereocenters. The maximum Gasteiger partial charge on any atom is 0.294 e. The van der Waals surface area contributed by atoms with Crippen LogP contribution in [0.25, 0.3) is 21.5 Å². The Kier molecular flexibility index (Phi) is 4.75. The van der Waals surface area contributed by atoms with Gasteiger partial charge < -0.3 is 4.74 Å². The van der Waals surface area contributed by atoms with Gasteiger partial charge in [0, 0.05) is 0 Å².